The Balaban J connectivity index is 1.14. The van der Waals surface area contributed by atoms with E-state index in [2.05, 4.69) is 49.0 Å². The molecule has 0 aromatic heterocycles. The van der Waals surface area contributed by atoms with Crippen LogP contribution in [-0.4, -0.2) is 102 Å². The minimum atomic E-state index is -0.462. The second-order valence-electron chi connectivity index (χ2n) is 14.3. The number of rotatable bonds is 7. The first-order chi connectivity index (χ1) is 22.0. The van der Waals surface area contributed by atoms with E-state index in [4.69, 9.17) is 11.6 Å². The highest BCUT2D eigenvalue weighted by Gasteiger charge is 2.45. The van der Waals surface area contributed by atoms with Gasteiger partial charge in [0.2, 0.25) is 11.8 Å². The van der Waals surface area contributed by atoms with Crippen molar-refractivity contribution < 1.29 is 14.4 Å². The number of fused-ring (bicyclic) bond motifs is 1. The molecular weight excluding hydrogens is 620 g/mol. The van der Waals surface area contributed by atoms with E-state index in [0.717, 1.165) is 67.9 Å². The lowest BCUT2D eigenvalue weighted by Gasteiger charge is -2.40. The predicted octanol–water partition coefficient (Wildman–Crippen LogP) is 5.90. The molecule has 4 aliphatic heterocycles. The number of thioether (sulfide) groups is 1. The number of hydrogen-bond donors (Lipinski definition) is 1. The van der Waals surface area contributed by atoms with Crippen molar-refractivity contribution in [2.24, 2.45) is 5.41 Å². The number of carbonyl (C=O) groups excluding carboxylic acids is 3. The van der Waals surface area contributed by atoms with Crippen molar-refractivity contribution >= 4 is 52.6 Å². The number of carbonyl (C=O) groups is 3. The first-order valence-electron chi connectivity index (χ1n) is 16.6. The number of piperazine rings is 1. The summed E-state index contributed by atoms with van der Waals surface area (Å²) in [6.07, 6.45) is 2.47. The molecule has 2 aromatic carbocycles. The number of halogens is 1. The average Bonchev–Trinajstić information content (AvgIpc) is 3.33. The van der Waals surface area contributed by atoms with Crippen LogP contribution in [-0.2, 0) is 16.1 Å². The van der Waals surface area contributed by atoms with Crippen molar-refractivity contribution in [3.63, 3.8) is 0 Å². The van der Waals surface area contributed by atoms with E-state index >= 15 is 0 Å². The topological polar surface area (TPSA) is 79.4 Å². The summed E-state index contributed by atoms with van der Waals surface area (Å²) in [6, 6.07) is 13.9. The van der Waals surface area contributed by atoms with Crippen LogP contribution in [0.2, 0.25) is 5.02 Å². The molecule has 4 amide bonds. The molecule has 11 heteroatoms. The Kier molecular flexibility index (Phi) is 9.78. The van der Waals surface area contributed by atoms with Gasteiger partial charge in [0.05, 0.1) is 5.25 Å². The quantitative estimate of drug-likeness (QED) is 0.397. The van der Waals surface area contributed by atoms with Crippen molar-refractivity contribution in [3.8, 4) is 0 Å². The fraction of sp³-hybridized carbons (Fsp3) is 0.571. The number of piperidine rings is 1. The Morgan fingerprint density at radius 1 is 0.978 bits per heavy atom. The molecule has 0 aliphatic carbocycles. The standard InChI is InChI=1S/C35H47ClN6O3S/c1-35(2,3)14-17-41-32(44)29(46-33(41)31-26(36)9-7-11-28(31)39-20-18-38(4)19-21-39)22-30(43)40-15-12-25(13-16-40)42-23-24-8-5-6-10-27(24)37-34(42)45/h5-11,25,29,33H,12-23H2,1-4H3,(H,37,45). The van der Waals surface area contributed by atoms with Gasteiger partial charge in [-0.25, -0.2) is 4.79 Å². The second kappa shape index (κ2) is 13.6. The van der Waals surface area contributed by atoms with Crippen LogP contribution in [0.5, 0.6) is 0 Å². The summed E-state index contributed by atoms with van der Waals surface area (Å²) in [6.45, 7) is 12.7. The van der Waals surface area contributed by atoms with Crippen molar-refractivity contribution in [1.82, 2.24) is 19.6 Å². The summed E-state index contributed by atoms with van der Waals surface area (Å²) in [5.74, 6) is 0.0306. The maximum absolute atomic E-state index is 14.1. The van der Waals surface area contributed by atoms with Crippen molar-refractivity contribution in [2.75, 3.05) is 63.1 Å². The van der Waals surface area contributed by atoms with Crippen LogP contribution in [0.1, 0.15) is 63.0 Å². The maximum Gasteiger partial charge on any atom is 0.322 e. The Morgan fingerprint density at radius 3 is 2.41 bits per heavy atom. The number of benzene rings is 2. The Hall–Kier alpha value is -2.95. The van der Waals surface area contributed by atoms with Gasteiger partial charge in [-0.15, -0.1) is 11.8 Å². The monoisotopic (exact) mass is 666 g/mol. The number of urea groups is 1. The van der Waals surface area contributed by atoms with Gasteiger partial charge in [0.1, 0.15) is 5.37 Å². The summed E-state index contributed by atoms with van der Waals surface area (Å²) in [7, 11) is 2.14. The first-order valence-corrected chi connectivity index (χ1v) is 17.9. The molecule has 2 atom stereocenters. The van der Waals surface area contributed by atoms with E-state index in [1.54, 1.807) is 11.8 Å². The summed E-state index contributed by atoms with van der Waals surface area (Å²) >= 11 is 8.53. The molecule has 1 N–H and O–H groups in total. The van der Waals surface area contributed by atoms with Gasteiger partial charge in [-0.3, -0.25) is 9.59 Å². The molecule has 0 radical (unpaired) electrons. The number of para-hydroxylation sites is 1. The summed E-state index contributed by atoms with van der Waals surface area (Å²) < 4.78 is 0. The summed E-state index contributed by atoms with van der Waals surface area (Å²) in [5, 5.41) is 2.97. The molecule has 46 heavy (non-hydrogen) atoms. The van der Waals surface area contributed by atoms with Gasteiger partial charge >= 0.3 is 6.03 Å². The largest absolute Gasteiger partial charge is 0.369 e. The van der Waals surface area contributed by atoms with E-state index in [1.807, 2.05) is 51.1 Å². The van der Waals surface area contributed by atoms with Crippen molar-refractivity contribution in [1.29, 1.82) is 0 Å². The zero-order valence-corrected chi connectivity index (χ0v) is 29.1. The molecular formula is C35H47ClN6O3S. The third-order valence-electron chi connectivity index (χ3n) is 9.84. The molecule has 4 heterocycles. The molecule has 9 nitrogen and oxygen atoms in total. The lowest BCUT2D eigenvalue weighted by Crippen LogP contribution is -2.51. The number of likely N-dealkylation sites (tertiary alicyclic amines) is 1. The van der Waals surface area contributed by atoms with Crippen LogP contribution in [0.25, 0.3) is 0 Å². The Morgan fingerprint density at radius 2 is 1.70 bits per heavy atom. The molecule has 3 fully saturated rings. The minimum absolute atomic E-state index is 0.00705. The third kappa shape index (κ3) is 7.14. The van der Waals surface area contributed by atoms with Crippen LogP contribution in [0, 0.1) is 5.41 Å². The highest BCUT2D eigenvalue weighted by molar-refractivity contribution is 8.01. The second-order valence-corrected chi connectivity index (χ2v) is 16.0. The molecule has 4 aliphatic rings. The van der Waals surface area contributed by atoms with Crippen LogP contribution < -0.4 is 10.2 Å². The lowest BCUT2D eigenvalue weighted by atomic mass is 9.92. The van der Waals surface area contributed by atoms with Crippen LogP contribution in [0.15, 0.2) is 42.5 Å². The molecule has 0 bridgehead atoms. The highest BCUT2D eigenvalue weighted by Crippen LogP contribution is 2.50. The first kappa shape index (κ1) is 33.0. The van der Waals surface area contributed by atoms with Gasteiger partial charge in [-0.05, 0) is 55.5 Å². The predicted molar refractivity (Wildman–Crippen MR) is 186 cm³/mol. The van der Waals surface area contributed by atoms with E-state index in [1.165, 1.54) is 0 Å². The molecule has 3 saturated heterocycles. The van der Waals surface area contributed by atoms with E-state index in [-0.39, 0.29) is 41.1 Å². The van der Waals surface area contributed by atoms with Gasteiger partial charge in [0.25, 0.3) is 0 Å². The molecule has 2 aromatic rings. The van der Waals surface area contributed by atoms with E-state index in [0.29, 0.717) is 31.2 Å². The molecule has 2 unspecified atom stereocenters. The fourth-order valence-corrected chi connectivity index (χ4v) is 8.84. The van der Waals surface area contributed by atoms with Gasteiger partial charge in [0, 0.05) is 86.8 Å². The summed E-state index contributed by atoms with van der Waals surface area (Å²) in [4.78, 5) is 51.1. The molecule has 6 rings (SSSR count). The molecule has 248 valence electrons. The van der Waals surface area contributed by atoms with Crippen LogP contribution in [0.3, 0.4) is 0 Å². The van der Waals surface area contributed by atoms with Crippen molar-refractivity contribution in [3.05, 3.63) is 58.6 Å². The fourth-order valence-electron chi connectivity index (χ4n) is 6.96. The minimum Gasteiger partial charge on any atom is -0.369 e. The number of nitrogens with zero attached hydrogens (tertiary/aromatic N) is 5. The number of anilines is 2. The van der Waals surface area contributed by atoms with Crippen LogP contribution >= 0.6 is 23.4 Å². The maximum atomic E-state index is 14.1. The zero-order chi connectivity index (χ0) is 32.6. The van der Waals surface area contributed by atoms with Crippen molar-refractivity contribution in [2.45, 2.75) is 69.7 Å². The van der Waals surface area contributed by atoms with Gasteiger partial charge < -0.3 is 29.8 Å². The smallest absolute Gasteiger partial charge is 0.322 e. The number of amides is 4. The summed E-state index contributed by atoms with van der Waals surface area (Å²) in [5.41, 5.74) is 4.11. The third-order valence-corrected chi connectivity index (χ3v) is 11.6. The average molecular weight is 667 g/mol. The van der Waals surface area contributed by atoms with E-state index in [9.17, 15) is 14.4 Å². The highest BCUT2D eigenvalue weighted by atomic mass is 35.5. The molecule has 0 spiro atoms. The Labute approximate surface area is 282 Å². The number of nitrogens with one attached hydrogen (secondary N) is 1. The Bertz CT molecular complexity index is 1450. The van der Waals surface area contributed by atoms with E-state index < -0.39 is 5.25 Å². The van der Waals surface area contributed by atoms with Crippen LogP contribution in [0.4, 0.5) is 16.2 Å². The van der Waals surface area contributed by atoms with Gasteiger partial charge in [-0.2, -0.15) is 0 Å². The normalized spacial score (nSPS) is 23.2. The zero-order valence-electron chi connectivity index (χ0n) is 27.5. The number of likely N-dealkylation sites (N-methyl/N-ethyl adjacent to an activating group) is 1. The van der Waals surface area contributed by atoms with Gasteiger partial charge in [-0.1, -0.05) is 56.6 Å². The number of hydrogen-bond acceptors (Lipinski definition) is 6. The van der Waals surface area contributed by atoms with Gasteiger partial charge in [0.15, 0.2) is 0 Å². The SMILES string of the molecule is CN1CCN(c2cccc(Cl)c2C2SC(CC(=O)N3CCC(N4Cc5ccccc5NC4=O)CC3)C(=O)N2CCC(C)(C)C)CC1. The lowest BCUT2D eigenvalue weighted by molar-refractivity contribution is -0.137. The molecule has 0 saturated carbocycles.